The Kier molecular flexibility index (Phi) is 2.31. The molecule has 0 bridgehead atoms. The zero-order chi connectivity index (χ0) is 8.39. The summed E-state index contributed by atoms with van der Waals surface area (Å²) < 4.78 is 0. The van der Waals surface area contributed by atoms with Crippen molar-refractivity contribution < 1.29 is 0 Å². The van der Waals surface area contributed by atoms with Gasteiger partial charge in [-0.1, -0.05) is 46.3 Å². The van der Waals surface area contributed by atoms with Crippen LogP contribution in [0.4, 0.5) is 0 Å². The fourth-order valence-corrected chi connectivity index (χ4v) is 2.11. The summed E-state index contributed by atoms with van der Waals surface area (Å²) >= 11 is 3.47. The Morgan fingerprint density at radius 2 is 2.25 bits per heavy atom. The molecule has 0 radical (unpaired) electrons. The fourth-order valence-electron chi connectivity index (χ4n) is 1.68. The Bertz CT molecular complexity index is 313. The minimum atomic E-state index is 1.05. The molecule has 0 N–H and O–H groups in total. The van der Waals surface area contributed by atoms with E-state index in [-0.39, 0.29) is 0 Å². The van der Waals surface area contributed by atoms with E-state index in [1.54, 1.807) is 0 Å². The lowest BCUT2D eigenvalue weighted by Gasteiger charge is -2.04. The van der Waals surface area contributed by atoms with Gasteiger partial charge in [-0.2, -0.15) is 0 Å². The average Bonchev–Trinajstić information content (AvgIpc) is 2.53. The van der Waals surface area contributed by atoms with Crippen LogP contribution in [0, 0.1) is 0 Å². The van der Waals surface area contributed by atoms with Crippen molar-refractivity contribution in [3.8, 4) is 0 Å². The van der Waals surface area contributed by atoms with Crippen molar-refractivity contribution in [2.24, 2.45) is 0 Å². The van der Waals surface area contributed by atoms with Gasteiger partial charge in [0.05, 0.1) is 0 Å². The molecule has 1 aromatic rings. The largest absolute Gasteiger partial charge is 0.0924 e. The summed E-state index contributed by atoms with van der Waals surface area (Å²) in [5.41, 5.74) is 4.41. The fraction of sp³-hybridized carbons (Fsp3) is 0.273. The zero-order valence-corrected chi connectivity index (χ0v) is 8.47. The molecule has 0 atom stereocenters. The Morgan fingerprint density at radius 3 is 3.08 bits per heavy atom. The molecule has 0 aromatic heterocycles. The molecule has 0 aliphatic heterocycles. The van der Waals surface area contributed by atoms with Gasteiger partial charge in [0, 0.05) is 5.33 Å². The second-order valence-electron chi connectivity index (χ2n) is 3.04. The molecule has 0 fully saturated rings. The molecule has 1 aromatic carbocycles. The molecule has 0 amide bonds. The van der Waals surface area contributed by atoms with Gasteiger partial charge in [-0.25, -0.2) is 0 Å². The van der Waals surface area contributed by atoms with E-state index in [9.17, 15) is 0 Å². The lowest BCUT2D eigenvalue weighted by molar-refractivity contribution is 1.14. The second kappa shape index (κ2) is 3.44. The number of rotatable bonds is 2. The van der Waals surface area contributed by atoms with Crippen molar-refractivity contribution in [2.45, 2.75) is 12.8 Å². The SMILES string of the molecule is BrCCc1cccc2c1C=CC2. The highest BCUT2D eigenvalue weighted by Gasteiger charge is 2.07. The summed E-state index contributed by atoms with van der Waals surface area (Å²) in [7, 11) is 0. The van der Waals surface area contributed by atoms with E-state index in [1.165, 1.54) is 16.7 Å². The van der Waals surface area contributed by atoms with Gasteiger partial charge in [0.15, 0.2) is 0 Å². The molecular weight excluding hydrogens is 212 g/mol. The summed E-state index contributed by atoms with van der Waals surface area (Å²) in [6.45, 7) is 0. The van der Waals surface area contributed by atoms with E-state index in [4.69, 9.17) is 0 Å². The number of halogens is 1. The van der Waals surface area contributed by atoms with E-state index < -0.39 is 0 Å². The summed E-state index contributed by atoms with van der Waals surface area (Å²) in [6.07, 6.45) is 6.73. The Balaban J connectivity index is 2.41. The van der Waals surface area contributed by atoms with Crippen LogP contribution in [0.2, 0.25) is 0 Å². The Labute approximate surface area is 81.4 Å². The molecule has 12 heavy (non-hydrogen) atoms. The maximum Gasteiger partial charge on any atom is 0.00720 e. The molecule has 1 aliphatic rings. The van der Waals surface area contributed by atoms with E-state index >= 15 is 0 Å². The van der Waals surface area contributed by atoms with Gasteiger partial charge in [0.25, 0.3) is 0 Å². The number of allylic oxidation sites excluding steroid dienone is 1. The van der Waals surface area contributed by atoms with Gasteiger partial charge >= 0.3 is 0 Å². The van der Waals surface area contributed by atoms with Gasteiger partial charge in [-0.05, 0) is 29.5 Å². The van der Waals surface area contributed by atoms with Crippen molar-refractivity contribution >= 4 is 22.0 Å². The number of hydrogen-bond donors (Lipinski definition) is 0. The normalized spacial score (nSPS) is 13.4. The minimum Gasteiger partial charge on any atom is -0.0924 e. The van der Waals surface area contributed by atoms with Crippen molar-refractivity contribution in [2.75, 3.05) is 5.33 Å². The number of alkyl halides is 1. The molecule has 1 aliphatic carbocycles. The molecule has 0 heterocycles. The van der Waals surface area contributed by atoms with Crippen LogP contribution in [0.25, 0.3) is 6.08 Å². The number of fused-ring (bicyclic) bond motifs is 1. The molecule has 1 heteroatoms. The monoisotopic (exact) mass is 222 g/mol. The molecule has 2 rings (SSSR count). The molecule has 0 saturated heterocycles. The van der Waals surface area contributed by atoms with Gasteiger partial charge in [0.1, 0.15) is 0 Å². The van der Waals surface area contributed by atoms with Crippen LogP contribution in [-0.4, -0.2) is 5.33 Å². The van der Waals surface area contributed by atoms with Crippen LogP contribution < -0.4 is 0 Å². The first kappa shape index (κ1) is 8.06. The highest BCUT2D eigenvalue weighted by atomic mass is 79.9. The predicted octanol–water partition coefficient (Wildman–Crippen LogP) is 3.19. The third-order valence-electron chi connectivity index (χ3n) is 2.27. The van der Waals surface area contributed by atoms with Crippen LogP contribution >= 0.6 is 15.9 Å². The second-order valence-corrected chi connectivity index (χ2v) is 3.83. The number of benzene rings is 1. The standard InChI is InChI=1S/C11H11Br/c12-8-7-10-4-1-3-9-5-2-6-11(9)10/h1-4,6H,5,7-8H2. The van der Waals surface area contributed by atoms with Crippen LogP contribution in [-0.2, 0) is 12.8 Å². The maximum atomic E-state index is 3.47. The van der Waals surface area contributed by atoms with Gasteiger partial charge in [0.2, 0.25) is 0 Å². The highest BCUT2D eigenvalue weighted by Crippen LogP contribution is 2.23. The Morgan fingerprint density at radius 1 is 1.33 bits per heavy atom. The van der Waals surface area contributed by atoms with Crippen molar-refractivity contribution in [3.63, 3.8) is 0 Å². The summed E-state index contributed by atoms with van der Waals surface area (Å²) in [6, 6.07) is 6.59. The lowest BCUT2D eigenvalue weighted by atomic mass is 10.0. The molecule has 0 unspecified atom stereocenters. The highest BCUT2D eigenvalue weighted by molar-refractivity contribution is 9.09. The van der Waals surface area contributed by atoms with Crippen molar-refractivity contribution in [3.05, 3.63) is 41.0 Å². The molecule has 0 saturated carbocycles. The minimum absolute atomic E-state index is 1.05. The van der Waals surface area contributed by atoms with Crippen LogP contribution in [0.3, 0.4) is 0 Å². The zero-order valence-electron chi connectivity index (χ0n) is 6.89. The van der Waals surface area contributed by atoms with Gasteiger partial charge < -0.3 is 0 Å². The summed E-state index contributed by atoms with van der Waals surface area (Å²) in [5, 5.41) is 1.05. The number of hydrogen-bond acceptors (Lipinski definition) is 0. The van der Waals surface area contributed by atoms with E-state index in [1.807, 2.05) is 0 Å². The topological polar surface area (TPSA) is 0 Å². The third kappa shape index (κ3) is 1.34. The maximum absolute atomic E-state index is 3.47. The number of aryl methyl sites for hydroxylation is 1. The summed E-state index contributed by atoms with van der Waals surface area (Å²) in [4.78, 5) is 0. The first-order chi connectivity index (χ1) is 5.92. The molecule has 62 valence electrons. The average molecular weight is 223 g/mol. The van der Waals surface area contributed by atoms with Crippen LogP contribution in [0.15, 0.2) is 24.3 Å². The third-order valence-corrected chi connectivity index (χ3v) is 2.67. The van der Waals surface area contributed by atoms with E-state index in [2.05, 4.69) is 46.3 Å². The molecular formula is C11H11Br. The predicted molar refractivity (Wildman–Crippen MR) is 56.7 cm³/mol. The smallest absolute Gasteiger partial charge is 0.00720 e. The quantitative estimate of drug-likeness (QED) is 0.675. The van der Waals surface area contributed by atoms with Crippen LogP contribution in [0.1, 0.15) is 16.7 Å². The summed E-state index contributed by atoms with van der Waals surface area (Å²) in [5.74, 6) is 0. The van der Waals surface area contributed by atoms with E-state index in [0.29, 0.717) is 0 Å². The van der Waals surface area contributed by atoms with Gasteiger partial charge in [-0.3, -0.25) is 0 Å². The Hall–Kier alpha value is -0.560. The molecule has 0 nitrogen and oxygen atoms in total. The first-order valence-corrected chi connectivity index (χ1v) is 5.37. The van der Waals surface area contributed by atoms with Crippen molar-refractivity contribution in [1.29, 1.82) is 0 Å². The first-order valence-electron chi connectivity index (χ1n) is 4.25. The van der Waals surface area contributed by atoms with Crippen LogP contribution in [0.5, 0.6) is 0 Å². The van der Waals surface area contributed by atoms with Gasteiger partial charge in [-0.15, -0.1) is 0 Å². The lowest BCUT2D eigenvalue weighted by Crippen LogP contribution is -1.91. The van der Waals surface area contributed by atoms with Crippen molar-refractivity contribution in [1.82, 2.24) is 0 Å². The van der Waals surface area contributed by atoms with E-state index in [0.717, 1.165) is 18.2 Å². The molecule has 0 spiro atoms.